The van der Waals surface area contributed by atoms with Gasteiger partial charge in [-0.3, -0.25) is 9.69 Å². The predicted octanol–water partition coefficient (Wildman–Crippen LogP) is 4.38. The first-order chi connectivity index (χ1) is 13.6. The molecule has 1 fully saturated rings. The van der Waals surface area contributed by atoms with Crippen molar-refractivity contribution in [2.45, 2.75) is 0 Å². The molecule has 0 unspecified atom stereocenters. The van der Waals surface area contributed by atoms with Gasteiger partial charge in [0, 0.05) is 24.4 Å². The molecule has 28 heavy (non-hydrogen) atoms. The molecule has 0 saturated carbocycles. The second-order valence-electron chi connectivity index (χ2n) is 6.18. The van der Waals surface area contributed by atoms with Crippen LogP contribution in [-0.2, 0) is 4.79 Å². The normalized spacial score (nSPS) is 15.5. The summed E-state index contributed by atoms with van der Waals surface area (Å²) in [5.41, 5.74) is 3.52. The van der Waals surface area contributed by atoms with Crippen molar-refractivity contribution < 1.29 is 9.53 Å². The van der Waals surface area contributed by atoms with E-state index >= 15 is 0 Å². The number of ether oxygens (including phenoxy) is 1. The summed E-state index contributed by atoms with van der Waals surface area (Å²) < 4.78 is 7.62. The number of carbonyl (C=O) groups excluding carboxylic acids is 1. The molecule has 1 aromatic heterocycles. The number of benzene rings is 2. The van der Waals surface area contributed by atoms with Gasteiger partial charge >= 0.3 is 0 Å². The minimum atomic E-state index is -0.0943. The number of nitrogens with zero attached hydrogens (tertiary/aromatic N) is 3. The SMILES string of the molecule is COc1ccc(-c2nn(-c3ccccc3)cc2/C=C2/SC(=S)N(C)C2=O)cc1. The van der Waals surface area contributed by atoms with Crippen LogP contribution in [0.25, 0.3) is 23.0 Å². The maximum atomic E-state index is 12.4. The molecule has 1 aliphatic rings. The van der Waals surface area contributed by atoms with Crippen LogP contribution < -0.4 is 4.74 Å². The molecule has 1 saturated heterocycles. The van der Waals surface area contributed by atoms with E-state index in [9.17, 15) is 4.79 Å². The average molecular weight is 408 g/mol. The molecule has 140 valence electrons. The quantitative estimate of drug-likeness (QED) is 0.475. The van der Waals surface area contributed by atoms with E-state index in [1.165, 1.54) is 16.7 Å². The highest BCUT2D eigenvalue weighted by molar-refractivity contribution is 8.26. The third-order valence-electron chi connectivity index (χ3n) is 4.40. The number of thioether (sulfide) groups is 1. The molecular formula is C21H17N3O2S2. The number of thiocarbonyl (C=S) groups is 1. The first-order valence-corrected chi connectivity index (χ1v) is 9.80. The van der Waals surface area contributed by atoms with Crippen LogP contribution >= 0.6 is 24.0 Å². The lowest BCUT2D eigenvalue weighted by Gasteiger charge is -2.04. The summed E-state index contributed by atoms with van der Waals surface area (Å²) in [6, 6.07) is 17.6. The summed E-state index contributed by atoms with van der Waals surface area (Å²) in [6.45, 7) is 0. The Labute approximate surface area is 172 Å². The third kappa shape index (κ3) is 3.46. The van der Waals surface area contributed by atoms with Crippen molar-refractivity contribution in [3.63, 3.8) is 0 Å². The number of carbonyl (C=O) groups is 1. The van der Waals surface area contributed by atoms with Gasteiger partial charge in [-0.15, -0.1) is 0 Å². The fourth-order valence-corrected chi connectivity index (χ4v) is 4.04. The minimum absolute atomic E-state index is 0.0943. The lowest BCUT2D eigenvalue weighted by Crippen LogP contribution is -2.22. The summed E-state index contributed by atoms with van der Waals surface area (Å²) in [5.74, 6) is 0.683. The summed E-state index contributed by atoms with van der Waals surface area (Å²) in [5, 5.41) is 4.78. The van der Waals surface area contributed by atoms with Crippen molar-refractivity contribution in [3.8, 4) is 22.7 Å². The van der Waals surface area contributed by atoms with Gasteiger partial charge in [-0.25, -0.2) is 4.68 Å². The van der Waals surface area contributed by atoms with Crippen LogP contribution in [0, 0.1) is 0 Å². The number of aromatic nitrogens is 2. The lowest BCUT2D eigenvalue weighted by atomic mass is 10.1. The molecule has 0 spiro atoms. The van der Waals surface area contributed by atoms with E-state index in [0.717, 1.165) is 28.3 Å². The molecule has 0 radical (unpaired) electrons. The maximum Gasteiger partial charge on any atom is 0.265 e. The van der Waals surface area contributed by atoms with Crippen LogP contribution in [0.3, 0.4) is 0 Å². The van der Waals surface area contributed by atoms with Crippen molar-refractivity contribution in [2.24, 2.45) is 0 Å². The highest BCUT2D eigenvalue weighted by Crippen LogP contribution is 2.34. The standard InChI is InChI=1S/C21H17N3O2S2/c1-23-20(25)18(28-21(23)27)12-15-13-24(16-6-4-3-5-7-16)22-19(15)14-8-10-17(26-2)11-9-14/h3-13H,1-2H3/b18-12+. The van der Waals surface area contributed by atoms with Crippen molar-refractivity contribution in [2.75, 3.05) is 14.2 Å². The van der Waals surface area contributed by atoms with Gasteiger partial charge in [0.25, 0.3) is 5.91 Å². The number of amides is 1. The highest BCUT2D eigenvalue weighted by atomic mass is 32.2. The molecule has 0 aliphatic carbocycles. The van der Waals surface area contributed by atoms with Crippen LogP contribution in [0.5, 0.6) is 5.75 Å². The van der Waals surface area contributed by atoms with Crippen LogP contribution in [-0.4, -0.2) is 39.1 Å². The molecule has 0 atom stereocenters. The summed E-state index contributed by atoms with van der Waals surface area (Å²) in [4.78, 5) is 14.5. The molecule has 1 amide bonds. The van der Waals surface area contributed by atoms with Gasteiger partial charge in [0.05, 0.1) is 23.4 Å². The lowest BCUT2D eigenvalue weighted by molar-refractivity contribution is -0.121. The summed E-state index contributed by atoms with van der Waals surface area (Å²) in [6.07, 6.45) is 3.78. The van der Waals surface area contributed by atoms with E-state index in [0.29, 0.717) is 9.23 Å². The topological polar surface area (TPSA) is 47.4 Å². The van der Waals surface area contributed by atoms with Crippen LogP contribution in [0.1, 0.15) is 5.56 Å². The zero-order chi connectivity index (χ0) is 19.7. The Morgan fingerprint density at radius 1 is 1.11 bits per heavy atom. The predicted molar refractivity (Wildman–Crippen MR) is 116 cm³/mol. The Morgan fingerprint density at radius 3 is 2.43 bits per heavy atom. The van der Waals surface area contributed by atoms with Gasteiger partial charge in [-0.05, 0) is 42.5 Å². The Kier molecular flexibility index (Phi) is 5.02. The fourth-order valence-electron chi connectivity index (χ4n) is 2.87. The first-order valence-electron chi connectivity index (χ1n) is 8.58. The molecule has 7 heteroatoms. The second-order valence-corrected chi connectivity index (χ2v) is 7.86. The number of hydrogen-bond acceptors (Lipinski definition) is 5. The van der Waals surface area contributed by atoms with Crippen molar-refractivity contribution in [3.05, 3.63) is 71.3 Å². The zero-order valence-corrected chi connectivity index (χ0v) is 17.0. The average Bonchev–Trinajstić information content (AvgIpc) is 3.26. The molecule has 0 N–H and O–H groups in total. The molecule has 5 nitrogen and oxygen atoms in total. The Morgan fingerprint density at radius 2 is 1.82 bits per heavy atom. The maximum absolute atomic E-state index is 12.4. The minimum Gasteiger partial charge on any atom is -0.497 e. The smallest absolute Gasteiger partial charge is 0.265 e. The van der Waals surface area contributed by atoms with E-state index < -0.39 is 0 Å². The highest BCUT2D eigenvalue weighted by Gasteiger charge is 2.29. The third-order valence-corrected chi connectivity index (χ3v) is 5.88. The van der Waals surface area contributed by atoms with Crippen molar-refractivity contribution >= 4 is 40.3 Å². The molecule has 2 aromatic carbocycles. The Balaban J connectivity index is 1.82. The van der Waals surface area contributed by atoms with E-state index in [4.69, 9.17) is 22.1 Å². The first kappa shape index (κ1) is 18.5. The molecule has 1 aliphatic heterocycles. The largest absolute Gasteiger partial charge is 0.497 e. The van der Waals surface area contributed by atoms with Crippen molar-refractivity contribution in [1.82, 2.24) is 14.7 Å². The zero-order valence-electron chi connectivity index (χ0n) is 15.3. The van der Waals surface area contributed by atoms with Gasteiger partial charge in [-0.2, -0.15) is 5.10 Å². The fraction of sp³-hybridized carbons (Fsp3) is 0.0952. The summed E-state index contributed by atoms with van der Waals surface area (Å²) in [7, 11) is 3.33. The number of rotatable bonds is 4. The van der Waals surface area contributed by atoms with Gasteiger partial charge < -0.3 is 4.74 Å². The van der Waals surface area contributed by atoms with E-state index in [1.54, 1.807) is 14.2 Å². The van der Waals surface area contributed by atoms with E-state index in [-0.39, 0.29) is 5.91 Å². The molecule has 4 rings (SSSR count). The Hall–Kier alpha value is -2.90. The molecule has 2 heterocycles. The molecular weight excluding hydrogens is 390 g/mol. The number of para-hydroxylation sites is 1. The van der Waals surface area contributed by atoms with Gasteiger partial charge in [-0.1, -0.05) is 42.2 Å². The van der Waals surface area contributed by atoms with Gasteiger partial charge in [0.2, 0.25) is 0 Å². The molecule has 3 aromatic rings. The van der Waals surface area contributed by atoms with E-state index in [1.807, 2.05) is 71.6 Å². The second kappa shape index (κ2) is 7.61. The van der Waals surface area contributed by atoms with E-state index in [2.05, 4.69) is 0 Å². The van der Waals surface area contributed by atoms with Gasteiger partial charge in [0.1, 0.15) is 10.1 Å². The molecule has 0 bridgehead atoms. The monoisotopic (exact) mass is 407 g/mol. The van der Waals surface area contributed by atoms with Crippen LogP contribution in [0.4, 0.5) is 0 Å². The Bertz CT molecular complexity index is 1070. The van der Waals surface area contributed by atoms with Crippen LogP contribution in [0.2, 0.25) is 0 Å². The van der Waals surface area contributed by atoms with Gasteiger partial charge in [0.15, 0.2) is 0 Å². The van der Waals surface area contributed by atoms with Crippen LogP contribution in [0.15, 0.2) is 65.7 Å². The van der Waals surface area contributed by atoms with Crippen molar-refractivity contribution in [1.29, 1.82) is 0 Å². The number of hydrogen-bond donors (Lipinski definition) is 0. The number of methoxy groups -OCH3 is 1. The number of likely N-dealkylation sites (N-methyl/N-ethyl adjacent to an activating group) is 1. The summed E-state index contributed by atoms with van der Waals surface area (Å²) >= 11 is 6.54.